The van der Waals surface area contributed by atoms with Crippen molar-refractivity contribution in [3.05, 3.63) is 37.1 Å². The Balaban J connectivity index is 3.27. The van der Waals surface area contributed by atoms with Gasteiger partial charge in [0.25, 0.3) is 0 Å². The first kappa shape index (κ1) is 10.8. The van der Waals surface area contributed by atoms with E-state index in [0.29, 0.717) is 0 Å². The van der Waals surface area contributed by atoms with Crippen LogP contribution in [0.5, 0.6) is 0 Å². The zero-order valence-corrected chi connectivity index (χ0v) is 7.06. The summed E-state index contributed by atoms with van der Waals surface area (Å²) in [6.45, 7) is 0. The number of aliphatic imine (C=N–C) groups is 1. The Kier molecular flexibility index (Phi) is 2.50. The fraction of sp³-hybridized carbons (Fsp3) is 0.250. The molecule has 0 radical (unpaired) electrons. The number of nitro groups is 2. The average molecular weight is 217 g/mol. The van der Waals surface area contributed by atoms with Crippen molar-refractivity contribution in [3.63, 3.8) is 0 Å². The summed E-state index contributed by atoms with van der Waals surface area (Å²) in [5, 5.41) is 31.5. The van der Waals surface area contributed by atoms with E-state index in [2.05, 4.69) is 4.99 Å². The topological polar surface area (TPSA) is 177 Å². The minimum absolute atomic E-state index is 0.233. The molecule has 0 aromatic rings. The van der Waals surface area contributed by atoms with Crippen LogP contribution < -0.4 is 11.5 Å². The lowest BCUT2D eigenvalue weighted by atomic mass is 10.4. The number of amidine groups is 1. The van der Waals surface area contributed by atoms with Gasteiger partial charge in [0.2, 0.25) is 0 Å². The number of hydroxylamine groups is 2. The molecule has 0 fully saturated rings. The van der Waals surface area contributed by atoms with Crippen LogP contribution in [0.25, 0.3) is 0 Å². The second kappa shape index (κ2) is 3.47. The molecular weight excluding hydrogens is 212 g/mol. The smallest absolute Gasteiger partial charge is 0.407 e. The molecule has 0 saturated carbocycles. The predicted octanol–water partition coefficient (Wildman–Crippen LogP) is -1.88. The van der Waals surface area contributed by atoms with Crippen LogP contribution in [-0.4, -0.2) is 26.9 Å². The molecule has 1 atom stereocenters. The third-order valence-electron chi connectivity index (χ3n) is 1.56. The van der Waals surface area contributed by atoms with Crippen molar-refractivity contribution < 1.29 is 9.85 Å². The summed E-state index contributed by atoms with van der Waals surface area (Å²) in [5.74, 6) is -2.97. The van der Waals surface area contributed by atoms with Crippen LogP contribution in [0.1, 0.15) is 0 Å². The second-order valence-electron chi connectivity index (χ2n) is 2.46. The molecule has 1 unspecified atom stereocenters. The van der Waals surface area contributed by atoms with E-state index in [-0.39, 0.29) is 5.06 Å². The number of hydrogen-bond acceptors (Lipinski definition) is 9. The van der Waals surface area contributed by atoms with Crippen molar-refractivity contribution in [2.75, 3.05) is 0 Å². The lowest BCUT2D eigenvalue weighted by molar-refractivity contribution is -0.431. The second-order valence-corrected chi connectivity index (χ2v) is 2.46. The maximum atomic E-state index is 11.1. The molecule has 0 spiro atoms. The first-order chi connectivity index (χ1) is 6.86. The van der Waals surface area contributed by atoms with E-state index in [9.17, 15) is 25.4 Å². The van der Waals surface area contributed by atoms with Gasteiger partial charge < -0.3 is 42.0 Å². The third kappa shape index (κ3) is 1.68. The first-order valence-electron chi connectivity index (χ1n) is 3.45. The van der Waals surface area contributed by atoms with E-state index in [1.54, 1.807) is 0 Å². The number of nitrogens with two attached hydrogens (primary N) is 2. The Labute approximate surface area is 81.5 Å². The molecule has 1 heterocycles. The molecule has 1 aliphatic rings. The van der Waals surface area contributed by atoms with Crippen LogP contribution in [0.4, 0.5) is 0 Å². The van der Waals surface area contributed by atoms with Crippen molar-refractivity contribution in [3.8, 4) is 0 Å². The maximum Gasteiger partial charge on any atom is 0.407 e. The van der Waals surface area contributed by atoms with Gasteiger partial charge >= 0.3 is 11.7 Å². The molecule has 0 amide bonds. The quantitative estimate of drug-likeness (QED) is 0.378. The number of rotatable bonds is 1. The summed E-state index contributed by atoms with van der Waals surface area (Å²) in [6.07, 6.45) is -1.75. The lowest BCUT2D eigenvalue weighted by Gasteiger charge is -2.34. The van der Waals surface area contributed by atoms with Gasteiger partial charge in [0.05, 0.1) is 0 Å². The van der Waals surface area contributed by atoms with E-state index in [4.69, 9.17) is 11.5 Å². The summed E-state index contributed by atoms with van der Waals surface area (Å²) in [7, 11) is 0. The summed E-state index contributed by atoms with van der Waals surface area (Å²) in [6, 6.07) is 0. The Hall–Kier alpha value is -2.27. The van der Waals surface area contributed by atoms with E-state index in [1.165, 1.54) is 0 Å². The van der Waals surface area contributed by atoms with Crippen molar-refractivity contribution in [1.29, 1.82) is 0 Å². The van der Waals surface area contributed by atoms with Gasteiger partial charge in [-0.2, -0.15) is 0 Å². The summed E-state index contributed by atoms with van der Waals surface area (Å²) in [4.78, 5) is 21.5. The normalized spacial score (nSPS) is 21.3. The van der Waals surface area contributed by atoms with E-state index >= 15 is 0 Å². The highest BCUT2D eigenvalue weighted by Crippen LogP contribution is 2.15. The van der Waals surface area contributed by atoms with E-state index in [0.717, 1.165) is 0 Å². The van der Waals surface area contributed by atoms with Gasteiger partial charge in [-0.1, -0.05) is 0 Å². The van der Waals surface area contributed by atoms with Crippen molar-refractivity contribution in [2.45, 2.75) is 6.17 Å². The van der Waals surface area contributed by atoms with Crippen molar-refractivity contribution in [1.82, 2.24) is 5.06 Å². The Morgan fingerprint density at radius 2 is 1.87 bits per heavy atom. The molecule has 0 bridgehead atoms. The lowest BCUT2D eigenvalue weighted by Crippen LogP contribution is -2.51. The van der Waals surface area contributed by atoms with Gasteiger partial charge in [-0.25, -0.2) is 0 Å². The van der Waals surface area contributed by atoms with Gasteiger partial charge in [0.1, 0.15) is 0 Å². The molecule has 11 nitrogen and oxygen atoms in total. The van der Waals surface area contributed by atoms with E-state index < -0.39 is 33.5 Å². The minimum Gasteiger partial charge on any atom is -0.756 e. The van der Waals surface area contributed by atoms with Crippen molar-refractivity contribution in [2.24, 2.45) is 16.5 Å². The van der Waals surface area contributed by atoms with Crippen LogP contribution in [0.3, 0.4) is 0 Å². The molecule has 11 heteroatoms. The van der Waals surface area contributed by atoms with Crippen LogP contribution >= 0.6 is 0 Å². The minimum atomic E-state index is -1.75. The molecule has 15 heavy (non-hydrogen) atoms. The van der Waals surface area contributed by atoms with Gasteiger partial charge in [-0.15, -0.1) is 0 Å². The Morgan fingerprint density at radius 1 is 1.33 bits per heavy atom. The van der Waals surface area contributed by atoms with Gasteiger partial charge in [-0.05, 0) is 9.85 Å². The highest BCUT2D eigenvalue weighted by atomic mass is 16.6. The maximum absolute atomic E-state index is 11.1. The molecule has 0 saturated heterocycles. The van der Waals surface area contributed by atoms with E-state index in [1.807, 2.05) is 0 Å². The Bertz CT molecular complexity index is 387. The highest BCUT2D eigenvalue weighted by molar-refractivity contribution is 5.81. The summed E-state index contributed by atoms with van der Waals surface area (Å²) in [5.41, 5.74) is 10.1. The third-order valence-corrected chi connectivity index (χ3v) is 1.56. The summed E-state index contributed by atoms with van der Waals surface area (Å²) >= 11 is 0. The van der Waals surface area contributed by atoms with Gasteiger partial charge in [0, 0.05) is 4.99 Å². The largest absolute Gasteiger partial charge is 0.756 e. The number of nitrogens with zero attached hydrogens (tertiary/aromatic N) is 4. The van der Waals surface area contributed by atoms with Gasteiger partial charge in [0.15, 0.2) is 12.0 Å². The number of hydrogen-bond donors (Lipinski definition) is 2. The fourth-order valence-corrected chi connectivity index (χ4v) is 0.868. The molecule has 1 aliphatic heterocycles. The van der Waals surface area contributed by atoms with Crippen molar-refractivity contribution >= 4 is 5.84 Å². The molecule has 1 rings (SSSR count). The molecule has 4 N–H and O–H groups in total. The standard InChI is InChI=1S/C4H5N6O5/c5-1-3(9(12)13)7-4(10(14)15)2(6)8(1)11/h1H,5-6H2/q-1. The monoisotopic (exact) mass is 217 g/mol. The van der Waals surface area contributed by atoms with Gasteiger partial charge in [-0.3, -0.25) is 0 Å². The molecule has 82 valence electrons. The zero-order valence-electron chi connectivity index (χ0n) is 7.06. The molecule has 0 aromatic carbocycles. The van der Waals surface area contributed by atoms with Crippen LogP contribution in [0.2, 0.25) is 0 Å². The fourth-order valence-electron chi connectivity index (χ4n) is 0.868. The highest BCUT2D eigenvalue weighted by Gasteiger charge is 2.35. The first-order valence-corrected chi connectivity index (χ1v) is 3.45. The molecule has 0 aliphatic carbocycles. The molecule has 0 aromatic heterocycles. The van der Waals surface area contributed by atoms with Crippen LogP contribution in [0, 0.1) is 25.4 Å². The Morgan fingerprint density at radius 3 is 2.27 bits per heavy atom. The molecular formula is C4H5N6O5-. The van der Waals surface area contributed by atoms with Crippen LogP contribution in [-0.2, 0) is 0 Å². The average Bonchev–Trinajstić information content (AvgIpc) is 2.13. The zero-order chi connectivity index (χ0) is 11.7. The van der Waals surface area contributed by atoms with Crippen LogP contribution in [0.15, 0.2) is 16.6 Å². The SMILES string of the molecule is NC1=C([N+](=O)[O-])N=C([N+](=O)[O-])C(N)N1[O-]. The summed E-state index contributed by atoms with van der Waals surface area (Å²) < 4.78 is 0. The predicted molar refractivity (Wildman–Crippen MR) is 45.8 cm³/mol.